The van der Waals surface area contributed by atoms with Crippen LogP contribution in [-0.2, 0) is 38.1 Å². The summed E-state index contributed by atoms with van der Waals surface area (Å²) in [6, 6.07) is 0. The summed E-state index contributed by atoms with van der Waals surface area (Å²) in [6.07, 6.45) is 1.64. The van der Waals surface area contributed by atoms with E-state index in [1.807, 2.05) is 0 Å². The van der Waals surface area contributed by atoms with Gasteiger partial charge in [0.1, 0.15) is 13.2 Å². The highest BCUT2D eigenvalue weighted by Gasteiger charge is 2.20. The van der Waals surface area contributed by atoms with Gasteiger partial charge in [-0.05, 0) is 26.7 Å². The summed E-state index contributed by atoms with van der Waals surface area (Å²) in [5.41, 5.74) is 0. The topological polar surface area (TPSA) is 105 Å². The number of carbonyl (C=O) groups is 4. The molecule has 0 saturated heterocycles. The Hall–Kier alpha value is -2.64. The minimum atomic E-state index is -1.00. The molecule has 0 heterocycles. The van der Waals surface area contributed by atoms with E-state index in [0.717, 1.165) is 0 Å². The van der Waals surface area contributed by atoms with Crippen molar-refractivity contribution in [1.29, 1.82) is 0 Å². The lowest BCUT2D eigenvalue weighted by Gasteiger charge is -2.12. The molecule has 0 aromatic rings. The molecule has 8 nitrogen and oxygen atoms in total. The molecule has 2 atom stereocenters. The third-order valence-corrected chi connectivity index (χ3v) is 2.98. The quantitative estimate of drug-likeness (QED) is 0.209. The summed E-state index contributed by atoms with van der Waals surface area (Å²) < 4.78 is 19.3. The van der Waals surface area contributed by atoms with Gasteiger partial charge in [0.15, 0.2) is 12.2 Å². The van der Waals surface area contributed by atoms with Gasteiger partial charge in [-0.25, -0.2) is 9.59 Å². The van der Waals surface area contributed by atoms with Gasteiger partial charge in [-0.2, -0.15) is 0 Å². The molecule has 0 aromatic heterocycles. The van der Waals surface area contributed by atoms with Gasteiger partial charge in [0.25, 0.3) is 0 Å². The minimum Gasteiger partial charge on any atom is -0.459 e. The molecule has 0 unspecified atom stereocenters. The first-order valence-corrected chi connectivity index (χ1v) is 8.25. The number of ether oxygens (including phenoxy) is 4. The summed E-state index contributed by atoms with van der Waals surface area (Å²) in [6.45, 7) is 9.72. The van der Waals surface area contributed by atoms with Crippen molar-refractivity contribution in [2.75, 3.05) is 13.2 Å². The summed E-state index contributed by atoms with van der Waals surface area (Å²) in [5.74, 6) is -2.44. The molecule has 26 heavy (non-hydrogen) atoms. The molecule has 0 fully saturated rings. The zero-order valence-electron chi connectivity index (χ0n) is 15.2. The van der Waals surface area contributed by atoms with Gasteiger partial charge in [-0.1, -0.05) is 25.3 Å². The van der Waals surface area contributed by atoms with Gasteiger partial charge in [0, 0.05) is 12.8 Å². The second-order valence-corrected chi connectivity index (χ2v) is 5.31. The number of esters is 4. The molecule has 0 aliphatic carbocycles. The van der Waals surface area contributed by atoms with Crippen LogP contribution < -0.4 is 0 Å². The molecule has 8 heteroatoms. The van der Waals surface area contributed by atoms with Crippen molar-refractivity contribution in [3.05, 3.63) is 25.3 Å². The van der Waals surface area contributed by atoms with Crippen LogP contribution in [-0.4, -0.2) is 49.3 Å². The lowest BCUT2D eigenvalue weighted by Crippen LogP contribution is -2.26. The lowest BCUT2D eigenvalue weighted by atomic mass is 10.2. The van der Waals surface area contributed by atoms with Crippen LogP contribution in [0.4, 0.5) is 0 Å². The van der Waals surface area contributed by atoms with E-state index in [9.17, 15) is 19.2 Å². The zero-order valence-corrected chi connectivity index (χ0v) is 15.2. The highest BCUT2D eigenvalue weighted by Crippen LogP contribution is 2.07. The van der Waals surface area contributed by atoms with Gasteiger partial charge in [0.05, 0.1) is 0 Å². The first kappa shape index (κ1) is 23.4. The van der Waals surface area contributed by atoms with Gasteiger partial charge in [0.2, 0.25) is 0 Å². The molecule has 0 radical (unpaired) electrons. The Labute approximate surface area is 153 Å². The van der Waals surface area contributed by atoms with E-state index in [0.29, 0.717) is 12.8 Å². The largest absolute Gasteiger partial charge is 0.459 e. The van der Waals surface area contributed by atoms with Crippen molar-refractivity contribution in [2.45, 2.75) is 51.7 Å². The van der Waals surface area contributed by atoms with E-state index in [1.165, 1.54) is 26.0 Å². The Kier molecular flexibility index (Phi) is 12.2. The third-order valence-electron chi connectivity index (χ3n) is 2.98. The van der Waals surface area contributed by atoms with E-state index in [2.05, 4.69) is 13.2 Å². The molecule has 0 spiro atoms. The highest BCUT2D eigenvalue weighted by molar-refractivity contribution is 5.79. The van der Waals surface area contributed by atoms with Gasteiger partial charge < -0.3 is 18.9 Å². The van der Waals surface area contributed by atoms with Gasteiger partial charge in [-0.3, -0.25) is 9.59 Å². The molecule has 146 valence electrons. The van der Waals surface area contributed by atoms with Crippen molar-refractivity contribution in [3.63, 3.8) is 0 Å². The van der Waals surface area contributed by atoms with Crippen LogP contribution in [0.25, 0.3) is 0 Å². The van der Waals surface area contributed by atoms with E-state index in [-0.39, 0.29) is 26.1 Å². The Morgan fingerprint density at radius 3 is 1.42 bits per heavy atom. The zero-order chi connectivity index (χ0) is 19.9. The van der Waals surface area contributed by atoms with Crippen LogP contribution in [0.15, 0.2) is 25.3 Å². The molecule has 0 saturated carbocycles. The van der Waals surface area contributed by atoms with Gasteiger partial charge in [-0.15, -0.1) is 0 Å². The maximum absolute atomic E-state index is 11.6. The fourth-order valence-electron chi connectivity index (χ4n) is 1.66. The van der Waals surface area contributed by atoms with Crippen molar-refractivity contribution < 1.29 is 38.1 Å². The summed E-state index contributed by atoms with van der Waals surface area (Å²) in [7, 11) is 0. The molecule has 0 aromatic carbocycles. The normalized spacial score (nSPS) is 12.2. The monoisotopic (exact) mass is 370 g/mol. The Morgan fingerprint density at radius 2 is 1.12 bits per heavy atom. The van der Waals surface area contributed by atoms with Gasteiger partial charge >= 0.3 is 23.9 Å². The average molecular weight is 370 g/mol. The molecular weight excluding hydrogens is 344 g/mol. The van der Waals surface area contributed by atoms with Crippen molar-refractivity contribution in [3.8, 4) is 0 Å². The van der Waals surface area contributed by atoms with E-state index in [1.54, 1.807) is 0 Å². The van der Waals surface area contributed by atoms with Crippen LogP contribution in [0.2, 0.25) is 0 Å². The number of hydrogen-bond acceptors (Lipinski definition) is 8. The second-order valence-electron chi connectivity index (χ2n) is 5.31. The maximum atomic E-state index is 11.6. The van der Waals surface area contributed by atoms with Crippen molar-refractivity contribution in [1.82, 2.24) is 0 Å². The van der Waals surface area contributed by atoms with E-state index in [4.69, 9.17) is 18.9 Å². The van der Waals surface area contributed by atoms with Crippen molar-refractivity contribution >= 4 is 23.9 Å². The van der Waals surface area contributed by atoms with E-state index >= 15 is 0 Å². The Balaban J connectivity index is 3.93. The SMILES string of the molecule is C=CCOC(=O)[C@@H](C)OC(=O)CCCCC(=O)O[C@H](C)C(=O)OCC=C. The Bertz CT molecular complexity index is 465. The number of carbonyl (C=O) groups excluding carboxylic acids is 4. The smallest absolute Gasteiger partial charge is 0.347 e. The molecular formula is C18H26O8. The first-order chi connectivity index (χ1) is 12.3. The molecule has 0 amide bonds. The van der Waals surface area contributed by atoms with Crippen LogP contribution in [0, 0.1) is 0 Å². The van der Waals surface area contributed by atoms with E-state index < -0.39 is 36.1 Å². The summed E-state index contributed by atoms with van der Waals surface area (Å²) >= 11 is 0. The Morgan fingerprint density at radius 1 is 0.769 bits per heavy atom. The number of unbranched alkanes of at least 4 members (excludes halogenated alkanes) is 1. The highest BCUT2D eigenvalue weighted by atomic mass is 16.6. The fraction of sp³-hybridized carbons (Fsp3) is 0.556. The number of hydrogen-bond donors (Lipinski definition) is 0. The molecule has 0 aliphatic rings. The number of rotatable bonds is 13. The third kappa shape index (κ3) is 11.0. The van der Waals surface area contributed by atoms with Crippen LogP contribution in [0.1, 0.15) is 39.5 Å². The van der Waals surface area contributed by atoms with Crippen LogP contribution >= 0.6 is 0 Å². The van der Waals surface area contributed by atoms with Crippen molar-refractivity contribution in [2.24, 2.45) is 0 Å². The summed E-state index contributed by atoms with van der Waals surface area (Å²) in [5, 5.41) is 0. The average Bonchev–Trinajstić information content (AvgIpc) is 2.60. The second kappa shape index (κ2) is 13.6. The van der Waals surface area contributed by atoms with Crippen LogP contribution in [0.5, 0.6) is 0 Å². The molecule has 0 N–H and O–H groups in total. The predicted molar refractivity (Wildman–Crippen MR) is 91.9 cm³/mol. The maximum Gasteiger partial charge on any atom is 0.347 e. The lowest BCUT2D eigenvalue weighted by molar-refractivity contribution is -0.166. The first-order valence-electron chi connectivity index (χ1n) is 8.25. The fourth-order valence-corrected chi connectivity index (χ4v) is 1.66. The molecule has 0 bridgehead atoms. The summed E-state index contributed by atoms with van der Waals surface area (Å²) in [4.78, 5) is 46.1. The molecule has 0 rings (SSSR count). The molecule has 0 aliphatic heterocycles. The minimum absolute atomic E-state index is 0.0440. The van der Waals surface area contributed by atoms with Crippen LogP contribution in [0.3, 0.4) is 0 Å². The predicted octanol–water partition coefficient (Wildman–Crippen LogP) is 1.87. The standard InChI is InChI=1S/C18H26O8/c1-5-11-23-17(21)13(3)25-15(19)9-7-8-10-16(20)26-14(4)18(22)24-12-6-2/h5-6,13-14H,1-2,7-12H2,3-4H3/t13-,14-/m1/s1.